The maximum absolute atomic E-state index is 12.0. The molecule has 1 aromatic carbocycles. The number of nitrogens with zero attached hydrogens (tertiary/aromatic N) is 1. The number of hydrogen-bond acceptors (Lipinski definition) is 4. The van der Waals surface area contributed by atoms with Crippen LogP contribution in [-0.2, 0) is 20.8 Å². The minimum atomic E-state index is -1.32. The van der Waals surface area contributed by atoms with Gasteiger partial charge in [-0.25, -0.2) is 5.06 Å². The fourth-order valence-electron chi connectivity index (χ4n) is 2.04. The SMILES string of the molecule is NC(=O)C1CCON1C(=O)[C@H](O)[CH]Cc1ccccc1. The van der Waals surface area contributed by atoms with E-state index in [9.17, 15) is 14.7 Å². The standard InChI is InChI=1S/C14H17N2O4/c15-13(18)11-8-9-20-16(11)14(19)12(17)7-6-10-4-2-1-3-5-10/h1-5,7,11-12,17H,6,8-9H2,(H2,15,18)/t11?,12-/m1/s1. The molecule has 0 aliphatic carbocycles. The van der Waals surface area contributed by atoms with Gasteiger partial charge in [0.15, 0.2) is 0 Å². The van der Waals surface area contributed by atoms with Gasteiger partial charge in [0.05, 0.1) is 6.61 Å². The largest absolute Gasteiger partial charge is 0.383 e. The molecule has 2 rings (SSSR count). The molecule has 1 heterocycles. The summed E-state index contributed by atoms with van der Waals surface area (Å²) in [5, 5.41) is 10.7. The van der Waals surface area contributed by atoms with Crippen LogP contribution >= 0.6 is 0 Å². The molecule has 1 aliphatic rings. The van der Waals surface area contributed by atoms with E-state index in [2.05, 4.69) is 0 Å². The number of aliphatic hydroxyl groups is 1. The van der Waals surface area contributed by atoms with Gasteiger partial charge in [-0.2, -0.15) is 0 Å². The fraction of sp³-hybridized carbons (Fsp3) is 0.357. The summed E-state index contributed by atoms with van der Waals surface area (Å²) >= 11 is 0. The number of primary amides is 1. The average molecular weight is 277 g/mol. The first-order chi connectivity index (χ1) is 9.59. The Bertz CT molecular complexity index is 477. The number of nitrogens with two attached hydrogens (primary N) is 1. The molecule has 6 heteroatoms. The molecule has 1 fully saturated rings. The number of benzene rings is 1. The van der Waals surface area contributed by atoms with Crippen LogP contribution in [0.15, 0.2) is 30.3 Å². The zero-order valence-corrected chi connectivity index (χ0v) is 10.9. The Kier molecular flexibility index (Phi) is 4.70. The molecule has 1 saturated heterocycles. The highest BCUT2D eigenvalue weighted by molar-refractivity contribution is 5.88. The molecule has 20 heavy (non-hydrogen) atoms. The summed E-state index contributed by atoms with van der Waals surface area (Å²) < 4.78 is 0. The molecule has 1 unspecified atom stereocenters. The van der Waals surface area contributed by atoms with Crippen molar-refractivity contribution in [3.05, 3.63) is 42.3 Å². The molecule has 2 atom stereocenters. The zero-order chi connectivity index (χ0) is 14.5. The van der Waals surface area contributed by atoms with Gasteiger partial charge >= 0.3 is 0 Å². The summed E-state index contributed by atoms with van der Waals surface area (Å²) in [7, 11) is 0. The molecule has 1 radical (unpaired) electrons. The third-order valence-corrected chi connectivity index (χ3v) is 3.12. The first kappa shape index (κ1) is 14.5. The van der Waals surface area contributed by atoms with Crippen molar-refractivity contribution in [2.75, 3.05) is 6.61 Å². The molecule has 0 aromatic heterocycles. The third kappa shape index (κ3) is 3.34. The van der Waals surface area contributed by atoms with E-state index in [1.165, 1.54) is 6.42 Å². The Morgan fingerprint density at radius 2 is 2.15 bits per heavy atom. The van der Waals surface area contributed by atoms with Crippen LogP contribution in [0.3, 0.4) is 0 Å². The summed E-state index contributed by atoms with van der Waals surface area (Å²) in [5.41, 5.74) is 6.17. The van der Waals surface area contributed by atoms with E-state index in [-0.39, 0.29) is 6.61 Å². The van der Waals surface area contributed by atoms with E-state index in [4.69, 9.17) is 10.6 Å². The Morgan fingerprint density at radius 3 is 2.80 bits per heavy atom. The first-order valence-electron chi connectivity index (χ1n) is 6.40. The van der Waals surface area contributed by atoms with Crippen LogP contribution in [0.2, 0.25) is 0 Å². The van der Waals surface area contributed by atoms with Crippen LogP contribution in [0.5, 0.6) is 0 Å². The molecular formula is C14H17N2O4. The fourth-order valence-corrected chi connectivity index (χ4v) is 2.04. The lowest BCUT2D eigenvalue weighted by Gasteiger charge is -2.22. The minimum absolute atomic E-state index is 0.241. The lowest BCUT2D eigenvalue weighted by atomic mass is 10.1. The van der Waals surface area contributed by atoms with Crippen molar-refractivity contribution < 1.29 is 19.5 Å². The molecule has 0 bridgehead atoms. The number of rotatable bonds is 5. The maximum Gasteiger partial charge on any atom is 0.275 e. The van der Waals surface area contributed by atoms with E-state index < -0.39 is 24.0 Å². The maximum atomic E-state index is 12.0. The normalized spacial score (nSPS) is 19.9. The number of hydroxylamine groups is 2. The molecule has 0 spiro atoms. The van der Waals surface area contributed by atoms with Crippen molar-refractivity contribution in [2.45, 2.75) is 25.0 Å². The van der Waals surface area contributed by atoms with Gasteiger partial charge in [0, 0.05) is 12.8 Å². The van der Waals surface area contributed by atoms with Crippen LogP contribution in [0.4, 0.5) is 0 Å². The smallest absolute Gasteiger partial charge is 0.275 e. The molecule has 3 N–H and O–H groups in total. The monoisotopic (exact) mass is 277 g/mol. The Morgan fingerprint density at radius 1 is 1.45 bits per heavy atom. The number of amides is 2. The summed E-state index contributed by atoms with van der Waals surface area (Å²) in [6.07, 6.45) is 0.947. The summed E-state index contributed by atoms with van der Waals surface area (Å²) in [6, 6.07) is 8.63. The van der Waals surface area contributed by atoms with Gasteiger partial charge in [0.2, 0.25) is 5.91 Å². The first-order valence-corrected chi connectivity index (χ1v) is 6.40. The van der Waals surface area contributed by atoms with Crippen LogP contribution < -0.4 is 5.73 Å². The van der Waals surface area contributed by atoms with Crippen LogP contribution in [0.1, 0.15) is 12.0 Å². The van der Waals surface area contributed by atoms with Crippen molar-refractivity contribution in [3.63, 3.8) is 0 Å². The predicted octanol–water partition coefficient (Wildman–Crippen LogP) is -0.188. The predicted molar refractivity (Wildman–Crippen MR) is 70.9 cm³/mol. The minimum Gasteiger partial charge on any atom is -0.383 e. The quantitative estimate of drug-likeness (QED) is 0.780. The van der Waals surface area contributed by atoms with E-state index in [1.54, 1.807) is 0 Å². The molecule has 1 aromatic rings. The van der Waals surface area contributed by atoms with E-state index >= 15 is 0 Å². The lowest BCUT2D eigenvalue weighted by molar-refractivity contribution is -0.185. The van der Waals surface area contributed by atoms with Crippen molar-refractivity contribution in [1.82, 2.24) is 5.06 Å². The van der Waals surface area contributed by atoms with Gasteiger partial charge in [-0.3, -0.25) is 14.4 Å². The highest BCUT2D eigenvalue weighted by Gasteiger charge is 2.37. The van der Waals surface area contributed by atoms with Gasteiger partial charge in [-0.05, 0) is 12.0 Å². The Hall–Kier alpha value is -1.92. The summed E-state index contributed by atoms with van der Waals surface area (Å²) in [6.45, 7) is 0.241. The Balaban J connectivity index is 1.90. The second-order valence-corrected chi connectivity index (χ2v) is 4.57. The van der Waals surface area contributed by atoms with Crippen LogP contribution in [0.25, 0.3) is 0 Å². The third-order valence-electron chi connectivity index (χ3n) is 3.12. The van der Waals surface area contributed by atoms with Gasteiger partial charge in [0.25, 0.3) is 5.91 Å². The highest BCUT2D eigenvalue weighted by atomic mass is 16.7. The van der Waals surface area contributed by atoms with Gasteiger partial charge in [0.1, 0.15) is 12.1 Å². The number of carbonyl (C=O) groups is 2. The van der Waals surface area contributed by atoms with Crippen molar-refractivity contribution >= 4 is 11.8 Å². The molecule has 107 valence electrons. The van der Waals surface area contributed by atoms with Crippen LogP contribution in [0, 0.1) is 6.42 Å². The Labute approximate surface area is 117 Å². The molecule has 6 nitrogen and oxygen atoms in total. The molecule has 0 saturated carbocycles. The van der Waals surface area contributed by atoms with E-state index in [0.29, 0.717) is 12.8 Å². The molecule has 2 amide bonds. The average Bonchev–Trinajstić information content (AvgIpc) is 2.94. The van der Waals surface area contributed by atoms with Gasteiger partial charge in [-0.15, -0.1) is 0 Å². The summed E-state index contributed by atoms with van der Waals surface area (Å²) in [4.78, 5) is 28.2. The highest BCUT2D eigenvalue weighted by Crippen LogP contribution is 2.17. The number of aliphatic hydroxyl groups excluding tert-OH is 1. The topological polar surface area (TPSA) is 92.9 Å². The molecule has 1 aliphatic heterocycles. The van der Waals surface area contributed by atoms with E-state index in [1.807, 2.05) is 30.3 Å². The van der Waals surface area contributed by atoms with Crippen LogP contribution in [-0.4, -0.2) is 40.7 Å². The van der Waals surface area contributed by atoms with Gasteiger partial charge < -0.3 is 10.8 Å². The van der Waals surface area contributed by atoms with Crippen molar-refractivity contribution in [3.8, 4) is 0 Å². The van der Waals surface area contributed by atoms with Crippen molar-refractivity contribution in [1.29, 1.82) is 0 Å². The number of hydrogen-bond donors (Lipinski definition) is 2. The second-order valence-electron chi connectivity index (χ2n) is 4.57. The van der Waals surface area contributed by atoms with E-state index in [0.717, 1.165) is 10.6 Å². The molecular weight excluding hydrogens is 260 g/mol. The second kappa shape index (κ2) is 6.49. The zero-order valence-electron chi connectivity index (χ0n) is 10.9. The van der Waals surface area contributed by atoms with Crippen molar-refractivity contribution in [2.24, 2.45) is 5.73 Å². The number of carbonyl (C=O) groups excluding carboxylic acids is 2. The lowest BCUT2D eigenvalue weighted by Crippen LogP contribution is -2.47. The summed E-state index contributed by atoms with van der Waals surface area (Å²) in [5.74, 6) is -1.30. The van der Waals surface area contributed by atoms with Gasteiger partial charge in [-0.1, -0.05) is 30.3 Å².